The van der Waals surface area contributed by atoms with E-state index in [0.29, 0.717) is 4.47 Å². The van der Waals surface area contributed by atoms with E-state index in [1.165, 1.54) is 19.9 Å². The molecule has 0 saturated carbocycles. The second-order valence-electron chi connectivity index (χ2n) is 5.19. The van der Waals surface area contributed by atoms with E-state index in [-0.39, 0.29) is 10.2 Å². The summed E-state index contributed by atoms with van der Waals surface area (Å²) in [5, 5.41) is 2.43. The van der Waals surface area contributed by atoms with Gasteiger partial charge in [0.1, 0.15) is 0 Å². The zero-order valence-corrected chi connectivity index (χ0v) is 15.8. The molecule has 1 aliphatic rings. The van der Waals surface area contributed by atoms with Crippen LogP contribution < -0.4 is 10.1 Å². The second kappa shape index (κ2) is 6.87. The predicted octanol–water partition coefficient (Wildman–Crippen LogP) is 4.24. The molecule has 11 heteroatoms. The quantitative estimate of drug-likeness (QED) is 0.389. The van der Waals surface area contributed by atoms with Crippen molar-refractivity contribution >= 4 is 49.5 Å². The smallest absolute Gasteiger partial charge is 0.419 e. The number of ether oxygens (including phenoxy) is 3. The summed E-state index contributed by atoms with van der Waals surface area (Å²) in [4.78, 5) is 23.7. The molecule has 1 aliphatic heterocycles. The third-order valence-corrected chi connectivity index (χ3v) is 3.81. The minimum Gasteiger partial charge on any atom is -0.419 e. The monoisotopic (exact) mass is 487 g/mol. The Kier molecular flexibility index (Phi) is 5.38. The average molecular weight is 489 g/mol. The van der Waals surface area contributed by atoms with E-state index in [4.69, 9.17) is 9.47 Å². The van der Waals surface area contributed by atoms with Gasteiger partial charge in [0.2, 0.25) is 0 Å². The van der Waals surface area contributed by atoms with Crippen LogP contribution in [-0.4, -0.2) is 24.1 Å². The molecule has 0 bridgehead atoms. The van der Waals surface area contributed by atoms with Gasteiger partial charge in [0, 0.05) is 29.0 Å². The summed E-state index contributed by atoms with van der Waals surface area (Å²) < 4.78 is 51.8. The topological polar surface area (TPSA) is 73.9 Å². The molecule has 0 unspecified atom stereocenters. The summed E-state index contributed by atoms with van der Waals surface area (Å²) in [6, 6.07) is 2.52. The Hall–Kier alpha value is -1.75. The first-order valence-electron chi connectivity index (χ1n) is 6.56. The number of hydrogen-bond acceptors (Lipinski definition) is 6. The zero-order chi connectivity index (χ0) is 19.0. The minimum atomic E-state index is -4.93. The molecule has 136 valence electrons. The van der Waals surface area contributed by atoms with E-state index in [2.05, 4.69) is 41.9 Å². The maximum absolute atomic E-state index is 12.5. The van der Waals surface area contributed by atoms with Gasteiger partial charge in [-0.1, -0.05) is 15.9 Å². The van der Waals surface area contributed by atoms with Crippen molar-refractivity contribution in [3.8, 4) is 5.75 Å². The SMILES string of the molecule is CC1(C)OC(=O)C(=CNc2c(Br)cc(Br)cc2OC(F)(F)F)C(=O)O1. The van der Waals surface area contributed by atoms with E-state index >= 15 is 0 Å². The third kappa shape index (κ3) is 5.11. The van der Waals surface area contributed by atoms with E-state index in [0.717, 1.165) is 12.3 Å². The average Bonchev–Trinajstić information content (AvgIpc) is 2.36. The van der Waals surface area contributed by atoms with Crippen LogP contribution in [0.15, 0.2) is 32.9 Å². The molecule has 0 amide bonds. The molecule has 1 N–H and O–H groups in total. The van der Waals surface area contributed by atoms with Crippen LogP contribution in [0, 0.1) is 0 Å². The lowest BCUT2D eigenvalue weighted by Crippen LogP contribution is -2.42. The number of anilines is 1. The van der Waals surface area contributed by atoms with Gasteiger partial charge in [-0.25, -0.2) is 9.59 Å². The molecule has 1 aromatic rings. The number of alkyl halides is 3. The van der Waals surface area contributed by atoms with Crippen LogP contribution in [0.5, 0.6) is 5.75 Å². The van der Waals surface area contributed by atoms with Crippen molar-refractivity contribution in [3.05, 3.63) is 32.9 Å². The summed E-state index contributed by atoms with van der Waals surface area (Å²) in [5.74, 6) is -3.95. The highest BCUT2D eigenvalue weighted by Gasteiger charge is 2.39. The molecule has 25 heavy (non-hydrogen) atoms. The fraction of sp³-hybridized carbons (Fsp3) is 0.286. The fourth-order valence-corrected chi connectivity index (χ4v) is 3.12. The number of esters is 2. The van der Waals surface area contributed by atoms with Crippen molar-refractivity contribution in [1.82, 2.24) is 0 Å². The van der Waals surface area contributed by atoms with Gasteiger partial charge in [-0.15, -0.1) is 13.2 Å². The van der Waals surface area contributed by atoms with Crippen molar-refractivity contribution in [1.29, 1.82) is 0 Å². The van der Waals surface area contributed by atoms with E-state index < -0.39 is 35.4 Å². The first kappa shape index (κ1) is 19.6. The summed E-state index contributed by atoms with van der Waals surface area (Å²) in [5.41, 5.74) is -0.662. The van der Waals surface area contributed by atoms with Crippen LogP contribution in [0.25, 0.3) is 0 Å². The number of halogens is 5. The molecule has 1 saturated heterocycles. The summed E-state index contributed by atoms with van der Waals surface area (Å²) in [6.07, 6.45) is -4.05. The van der Waals surface area contributed by atoms with Gasteiger partial charge >= 0.3 is 18.3 Å². The Bertz CT molecular complexity index is 740. The molecular weight excluding hydrogens is 479 g/mol. The van der Waals surface area contributed by atoms with Crippen molar-refractivity contribution in [2.24, 2.45) is 0 Å². The highest BCUT2D eigenvalue weighted by Crippen LogP contribution is 2.39. The molecule has 0 aliphatic carbocycles. The molecular formula is C14H10Br2F3NO5. The number of nitrogens with one attached hydrogen (secondary N) is 1. The Morgan fingerprint density at radius 3 is 2.24 bits per heavy atom. The maximum Gasteiger partial charge on any atom is 0.573 e. The molecule has 0 radical (unpaired) electrons. The predicted molar refractivity (Wildman–Crippen MR) is 86.5 cm³/mol. The van der Waals surface area contributed by atoms with Crippen molar-refractivity contribution in [2.45, 2.75) is 26.0 Å². The number of carbonyl (C=O) groups is 2. The molecule has 2 rings (SSSR count). The Balaban J connectivity index is 2.34. The molecule has 1 heterocycles. The van der Waals surface area contributed by atoms with Gasteiger partial charge in [-0.3, -0.25) is 0 Å². The maximum atomic E-state index is 12.5. The zero-order valence-electron chi connectivity index (χ0n) is 12.7. The van der Waals surface area contributed by atoms with Crippen LogP contribution in [0.2, 0.25) is 0 Å². The van der Waals surface area contributed by atoms with Gasteiger partial charge < -0.3 is 19.5 Å². The Morgan fingerprint density at radius 2 is 1.72 bits per heavy atom. The third-order valence-electron chi connectivity index (χ3n) is 2.72. The first-order valence-corrected chi connectivity index (χ1v) is 8.15. The van der Waals surface area contributed by atoms with Crippen molar-refractivity contribution < 1.29 is 37.0 Å². The summed E-state index contributed by atoms with van der Waals surface area (Å²) in [7, 11) is 0. The lowest BCUT2D eigenvalue weighted by molar-refractivity contribution is -0.274. The van der Waals surface area contributed by atoms with Crippen LogP contribution in [0.1, 0.15) is 13.8 Å². The number of rotatable bonds is 3. The Morgan fingerprint density at radius 1 is 1.16 bits per heavy atom. The summed E-state index contributed by atoms with van der Waals surface area (Å²) in [6.45, 7) is 2.74. The fourth-order valence-electron chi connectivity index (χ4n) is 1.82. The van der Waals surface area contributed by atoms with E-state index in [9.17, 15) is 22.8 Å². The van der Waals surface area contributed by atoms with Crippen LogP contribution >= 0.6 is 31.9 Å². The normalized spacial score (nSPS) is 16.8. The van der Waals surface area contributed by atoms with Crippen molar-refractivity contribution in [3.63, 3.8) is 0 Å². The molecule has 0 atom stereocenters. The molecule has 1 aromatic carbocycles. The van der Waals surface area contributed by atoms with E-state index in [1.807, 2.05) is 0 Å². The van der Waals surface area contributed by atoms with E-state index in [1.54, 1.807) is 0 Å². The van der Waals surface area contributed by atoms with Crippen LogP contribution in [0.4, 0.5) is 18.9 Å². The largest absolute Gasteiger partial charge is 0.573 e. The number of cyclic esters (lactones) is 2. The Labute approximate surface area is 156 Å². The molecule has 1 fully saturated rings. The lowest BCUT2D eigenvalue weighted by Gasteiger charge is -2.29. The van der Waals surface area contributed by atoms with Crippen LogP contribution in [0.3, 0.4) is 0 Å². The van der Waals surface area contributed by atoms with Crippen LogP contribution in [-0.2, 0) is 19.1 Å². The highest BCUT2D eigenvalue weighted by molar-refractivity contribution is 9.11. The molecule has 0 aromatic heterocycles. The molecule has 0 spiro atoms. The van der Waals surface area contributed by atoms with Gasteiger partial charge in [0.15, 0.2) is 11.3 Å². The summed E-state index contributed by atoms with van der Waals surface area (Å²) >= 11 is 6.12. The standard InChI is InChI=1S/C14H10Br2F3NO5/c1-13(2)24-11(21)7(12(22)25-13)5-20-10-8(16)3-6(15)4-9(10)23-14(17,18)19/h3-5,20H,1-2H3. The second-order valence-corrected chi connectivity index (χ2v) is 6.96. The number of benzene rings is 1. The first-order chi connectivity index (χ1) is 11.4. The van der Waals surface area contributed by atoms with Gasteiger partial charge in [0.25, 0.3) is 5.79 Å². The van der Waals surface area contributed by atoms with Gasteiger partial charge in [-0.2, -0.15) is 0 Å². The van der Waals surface area contributed by atoms with Gasteiger partial charge in [0.05, 0.1) is 5.69 Å². The number of carbonyl (C=O) groups excluding carboxylic acids is 2. The molecule has 6 nitrogen and oxygen atoms in total. The highest BCUT2D eigenvalue weighted by atomic mass is 79.9. The van der Waals surface area contributed by atoms with Crippen molar-refractivity contribution in [2.75, 3.05) is 5.32 Å². The number of hydrogen-bond donors (Lipinski definition) is 1. The minimum absolute atomic E-state index is 0.154. The van der Waals surface area contributed by atoms with Gasteiger partial charge in [-0.05, 0) is 28.1 Å². The lowest BCUT2D eigenvalue weighted by atomic mass is 10.2.